The van der Waals surface area contributed by atoms with Crippen LogP contribution in [-0.2, 0) is 26.0 Å². The summed E-state index contributed by atoms with van der Waals surface area (Å²) in [5, 5.41) is 0. The second-order valence-corrected chi connectivity index (χ2v) is 14.9. The van der Waals surface area contributed by atoms with Crippen molar-refractivity contribution in [1.82, 2.24) is 0 Å². The Balaban J connectivity index is 1.52. The van der Waals surface area contributed by atoms with Crippen LogP contribution in [0.5, 0.6) is 23.0 Å². The highest BCUT2D eigenvalue weighted by molar-refractivity contribution is 7.93. The van der Waals surface area contributed by atoms with E-state index < -0.39 is 25.3 Å². The molecule has 0 aliphatic heterocycles. The minimum absolute atomic E-state index is 0.226. The molecule has 4 aromatic carbocycles. The first kappa shape index (κ1) is 29.4. The zero-order valence-corrected chi connectivity index (χ0v) is 25.2. The van der Waals surface area contributed by atoms with Gasteiger partial charge in [0.15, 0.2) is 20.5 Å². The maximum absolute atomic E-state index is 12.9. The van der Waals surface area contributed by atoms with E-state index in [9.17, 15) is 16.8 Å². The molecule has 0 heterocycles. The number of thiol groups is 1. The lowest BCUT2D eigenvalue weighted by Crippen LogP contribution is -2.28. The number of hydrogen-bond donors (Lipinski definition) is 1. The normalized spacial score (nSPS) is 12.4. The molecule has 0 saturated carbocycles. The highest BCUT2D eigenvalue weighted by Crippen LogP contribution is 2.36. The Kier molecular flexibility index (Phi) is 8.15. The van der Waals surface area contributed by atoms with Crippen LogP contribution >= 0.6 is 0 Å². The Morgan fingerprint density at radius 1 is 0.600 bits per heavy atom. The molecule has 0 aliphatic carbocycles. The number of benzene rings is 4. The van der Waals surface area contributed by atoms with Gasteiger partial charge in [0, 0.05) is 11.5 Å². The highest BCUT2D eigenvalue weighted by atomic mass is 32.2. The van der Waals surface area contributed by atoms with Gasteiger partial charge in [0.25, 0.3) is 0 Å². The van der Waals surface area contributed by atoms with Crippen molar-refractivity contribution < 1.29 is 26.3 Å². The molecule has 0 atom stereocenters. The maximum Gasteiger partial charge on any atom is 0.184 e. The molecule has 8 heteroatoms. The summed E-state index contributed by atoms with van der Waals surface area (Å²) in [7, 11) is -7.01. The van der Waals surface area contributed by atoms with E-state index >= 15 is 0 Å². The van der Waals surface area contributed by atoms with Gasteiger partial charge < -0.3 is 9.47 Å². The summed E-state index contributed by atoms with van der Waals surface area (Å²) in [5.74, 6) is 2.28. The zero-order chi connectivity index (χ0) is 29.3. The first-order valence-corrected chi connectivity index (χ1v) is 15.5. The summed E-state index contributed by atoms with van der Waals surface area (Å²) in [6.07, 6.45) is 0. The van der Waals surface area contributed by atoms with Gasteiger partial charge in [-0.1, -0.05) is 55.8 Å². The van der Waals surface area contributed by atoms with Gasteiger partial charge in [0.05, 0.1) is 14.5 Å². The fraction of sp³-hybridized carbons (Fsp3) is 0.250. The van der Waals surface area contributed by atoms with E-state index in [1.54, 1.807) is 0 Å². The molecule has 0 bridgehead atoms. The average molecular weight is 579 g/mol. The first-order chi connectivity index (χ1) is 18.7. The van der Waals surface area contributed by atoms with Gasteiger partial charge >= 0.3 is 0 Å². The van der Waals surface area contributed by atoms with Crippen LogP contribution in [0.3, 0.4) is 0 Å². The van der Waals surface area contributed by atoms with Crippen LogP contribution < -0.4 is 9.47 Å². The van der Waals surface area contributed by atoms with Gasteiger partial charge in [-0.15, -0.1) is 0 Å². The Labute approximate surface area is 238 Å². The second kappa shape index (κ2) is 11.1. The fourth-order valence-corrected chi connectivity index (χ4v) is 6.50. The molecular formula is C32H34O6S2. The number of ether oxygens (including phenoxy) is 2. The van der Waals surface area contributed by atoms with Crippen LogP contribution in [0.15, 0.2) is 101 Å². The molecule has 40 heavy (non-hydrogen) atoms. The monoisotopic (exact) mass is 578 g/mol. The predicted molar refractivity (Wildman–Crippen MR) is 158 cm³/mol. The van der Waals surface area contributed by atoms with Crippen LogP contribution in [0, 0.1) is 6.92 Å². The van der Waals surface area contributed by atoms with Crippen LogP contribution in [0.25, 0.3) is 0 Å². The van der Waals surface area contributed by atoms with Crippen molar-refractivity contribution in [2.75, 3.05) is 0 Å². The van der Waals surface area contributed by atoms with Gasteiger partial charge in [-0.25, -0.2) is 16.8 Å². The lowest BCUT2D eigenvalue weighted by Gasteiger charge is -2.26. The van der Waals surface area contributed by atoms with E-state index in [1.165, 1.54) is 44.5 Å². The van der Waals surface area contributed by atoms with Gasteiger partial charge in [-0.2, -0.15) is 0 Å². The number of aryl methyl sites for hydroxylation is 1. The molecule has 0 amide bonds. The standard InChI is InChI=1S/C32H34O6S2/c1-22-7-13-25(14-8-22)37-26-15-9-23(10-16-26)32(5,6)24-11-17-27(18-12-24)38-28-19-20-30(29(21-28)39(33)34)40(35,36)31(2,3)4/h7-21,39H,1-6H3. The van der Waals surface area contributed by atoms with Crippen molar-refractivity contribution in [3.05, 3.63) is 108 Å². The Bertz CT molecular complexity index is 1670. The molecule has 4 aromatic rings. The predicted octanol–water partition coefficient (Wildman–Crippen LogP) is 7.45. The molecule has 0 unspecified atom stereocenters. The Hall–Kier alpha value is -3.62. The Morgan fingerprint density at radius 3 is 1.43 bits per heavy atom. The SMILES string of the molecule is Cc1ccc(Oc2ccc(C(C)(C)c3ccc(Oc4ccc(S(=O)(=O)C(C)(C)C)c([SH](=O)=O)c4)cc3)cc2)cc1. The second-order valence-electron chi connectivity index (χ2n) is 11.2. The van der Waals surface area contributed by atoms with Crippen molar-refractivity contribution in [3.8, 4) is 23.0 Å². The molecule has 210 valence electrons. The molecule has 0 aliphatic rings. The Morgan fingerprint density at radius 2 is 1.00 bits per heavy atom. The summed E-state index contributed by atoms with van der Waals surface area (Å²) in [6.45, 7) is 10.9. The fourth-order valence-electron chi connectivity index (χ4n) is 4.18. The van der Waals surface area contributed by atoms with E-state index in [0.29, 0.717) is 5.75 Å². The summed E-state index contributed by atoms with van der Waals surface area (Å²) in [4.78, 5) is -0.508. The van der Waals surface area contributed by atoms with Gasteiger partial charge in [-0.05, 0) is 87.4 Å². The van der Waals surface area contributed by atoms with Crippen molar-refractivity contribution in [2.45, 2.75) is 61.5 Å². The lowest BCUT2D eigenvalue weighted by molar-refractivity contribution is 0.478. The summed E-state index contributed by atoms with van der Waals surface area (Å²) >= 11 is 0. The van der Waals surface area contributed by atoms with Crippen molar-refractivity contribution in [2.24, 2.45) is 0 Å². The first-order valence-electron chi connectivity index (χ1n) is 12.8. The molecule has 0 N–H and O–H groups in total. The molecule has 0 saturated heterocycles. The van der Waals surface area contributed by atoms with Gasteiger partial charge in [-0.3, -0.25) is 0 Å². The van der Waals surface area contributed by atoms with Crippen LogP contribution in [0.1, 0.15) is 51.3 Å². The largest absolute Gasteiger partial charge is 0.457 e. The smallest absolute Gasteiger partial charge is 0.184 e. The topological polar surface area (TPSA) is 86.7 Å². The van der Waals surface area contributed by atoms with Gasteiger partial charge in [0.2, 0.25) is 0 Å². The molecule has 0 radical (unpaired) electrons. The lowest BCUT2D eigenvalue weighted by atomic mass is 9.78. The van der Waals surface area contributed by atoms with Crippen LogP contribution in [0.4, 0.5) is 0 Å². The van der Waals surface area contributed by atoms with E-state index in [-0.39, 0.29) is 21.0 Å². The molecule has 0 fully saturated rings. The van der Waals surface area contributed by atoms with E-state index in [0.717, 1.165) is 22.6 Å². The summed E-state index contributed by atoms with van der Waals surface area (Å²) in [5.41, 5.74) is 3.03. The zero-order valence-electron chi connectivity index (χ0n) is 23.5. The summed E-state index contributed by atoms with van der Waals surface area (Å²) < 4.78 is 60.3. The summed E-state index contributed by atoms with van der Waals surface area (Å²) in [6, 6.07) is 27.5. The van der Waals surface area contributed by atoms with Crippen LogP contribution in [-0.4, -0.2) is 21.6 Å². The van der Waals surface area contributed by atoms with E-state index in [4.69, 9.17) is 9.47 Å². The minimum Gasteiger partial charge on any atom is -0.457 e. The maximum atomic E-state index is 12.9. The van der Waals surface area contributed by atoms with E-state index in [2.05, 4.69) is 13.8 Å². The van der Waals surface area contributed by atoms with Crippen molar-refractivity contribution >= 4 is 20.5 Å². The third-order valence-electron chi connectivity index (χ3n) is 6.87. The molecule has 4 rings (SSSR count). The number of sulfone groups is 1. The molecular weight excluding hydrogens is 544 g/mol. The number of rotatable bonds is 8. The van der Waals surface area contributed by atoms with Crippen molar-refractivity contribution in [1.29, 1.82) is 0 Å². The van der Waals surface area contributed by atoms with Gasteiger partial charge in [0.1, 0.15) is 23.0 Å². The molecule has 0 aromatic heterocycles. The third-order valence-corrected chi connectivity index (χ3v) is 10.3. The highest BCUT2D eigenvalue weighted by Gasteiger charge is 2.33. The third kappa shape index (κ3) is 6.24. The molecule has 0 spiro atoms. The van der Waals surface area contributed by atoms with E-state index in [1.807, 2.05) is 79.7 Å². The average Bonchev–Trinajstić information content (AvgIpc) is 2.90. The quantitative estimate of drug-likeness (QED) is 0.219. The van der Waals surface area contributed by atoms with Crippen molar-refractivity contribution in [3.63, 3.8) is 0 Å². The minimum atomic E-state index is -3.86. The number of hydrogen-bond acceptors (Lipinski definition) is 6. The molecule has 6 nitrogen and oxygen atoms in total. The van der Waals surface area contributed by atoms with Crippen LogP contribution in [0.2, 0.25) is 0 Å².